The van der Waals surface area contributed by atoms with Crippen molar-refractivity contribution in [1.82, 2.24) is 15.8 Å². The molecule has 1 aliphatic rings. The van der Waals surface area contributed by atoms with Crippen LogP contribution in [-0.2, 0) is 17.8 Å². The highest BCUT2D eigenvalue weighted by atomic mass is 35.5. The Balaban J connectivity index is 1.51. The Bertz CT molecular complexity index is 1330. The van der Waals surface area contributed by atoms with Crippen LogP contribution in [0.5, 0.6) is 0 Å². The van der Waals surface area contributed by atoms with E-state index in [1.807, 2.05) is 18.2 Å². The number of anilines is 1. The van der Waals surface area contributed by atoms with Crippen molar-refractivity contribution in [2.45, 2.75) is 25.9 Å². The van der Waals surface area contributed by atoms with E-state index in [0.29, 0.717) is 11.6 Å². The van der Waals surface area contributed by atoms with Crippen LogP contribution in [-0.4, -0.2) is 46.4 Å². The Labute approximate surface area is 216 Å². The number of rotatable bonds is 8. The fraction of sp³-hybridized carbons (Fsp3) is 0.200. The molecule has 2 aromatic carbocycles. The molecule has 4 N–H and O–H groups in total. The summed E-state index contributed by atoms with van der Waals surface area (Å²) >= 11 is 7.45. The van der Waals surface area contributed by atoms with Crippen LogP contribution in [0.25, 0.3) is 0 Å². The van der Waals surface area contributed by atoms with Gasteiger partial charge in [-0.15, -0.1) is 11.3 Å². The normalized spacial score (nSPS) is 12.8. The topological polar surface area (TPSA) is 128 Å². The monoisotopic (exact) mass is 526 g/mol. The number of amides is 3. The zero-order chi connectivity index (χ0) is 25.8. The van der Waals surface area contributed by atoms with Gasteiger partial charge in [-0.2, -0.15) is 0 Å². The standard InChI is InChI=1S/C25H23ClN4O5S/c1-14(25(34)35)29-30(24(33)21-6-3-11-36-21)23(32)18-8-7-15(12-19(18)26)22(31)28-13-16-4-2-5-20-17(16)9-10-27-20/h2-8,11-12,14,27,29H,9-10,13H2,1H3,(H,28,31)(H,34,35)/t14-/m0/s1. The molecule has 0 spiro atoms. The number of carboxylic acids is 1. The van der Waals surface area contributed by atoms with Gasteiger partial charge in [-0.1, -0.05) is 29.8 Å². The first-order chi connectivity index (χ1) is 17.3. The summed E-state index contributed by atoms with van der Waals surface area (Å²) in [7, 11) is 0. The number of nitrogens with one attached hydrogen (secondary N) is 3. The maximum Gasteiger partial charge on any atom is 0.322 e. The number of imide groups is 1. The Hall–Kier alpha value is -3.73. The summed E-state index contributed by atoms with van der Waals surface area (Å²) in [4.78, 5) is 50.5. The van der Waals surface area contributed by atoms with Crippen LogP contribution in [0.3, 0.4) is 0 Å². The van der Waals surface area contributed by atoms with Gasteiger partial charge < -0.3 is 15.7 Å². The van der Waals surface area contributed by atoms with Gasteiger partial charge in [0.15, 0.2) is 0 Å². The lowest BCUT2D eigenvalue weighted by Gasteiger charge is -2.24. The largest absolute Gasteiger partial charge is 0.480 e. The maximum absolute atomic E-state index is 13.2. The number of hydrazine groups is 1. The van der Waals surface area contributed by atoms with Crippen molar-refractivity contribution < 1.29 is 24.3 Å². The molecule has 0 unspecified atom stereocenters. The first-order valence-corrected chi connectivity index (χ1v) is 12.4. The Morgan fingerprint density at radius 3 is 2.64 bits per heavy atom. The number of halogens is 1. The number of fused-ring (bicyclic) bond motifs is 1. The van der Waals surface area contributed by atoms with Crippen LogP contribution in [0.15, 0.2) is 53.9 Å². The van der Waals surface area contributed by atoms with Gasteiger partial charge in [-0.25, -0.2) is 10.4 Å². The number of carbonyl (C=O) groups excluding carboxylic acids is 3. The molecule has 4 rings (SSSR count). The SMILES string of the molecule is C[C@H](NN(C(=O)c1cccs1)C(=O)c1ccc(C(=O)NCc2cccc3c2CCN3)cc1Cl)C(=O)O. The van der Waals surface area contributed by atoms with Crippen molar-refractivity contribution in [1.29, 1.82) is 0 Å². The molecule has 3 aromatic rings. The van der Waals surface area contributed by atoms with E-state index in [1.54, 1.807) is 11.4 Å². The molecular weight excluding hydrogens is 504 g/mol. The number of aliphatic carboxylic acids is 1. The maximum atomic E-state index is 13.2. The average molecular weight is 527 g/mol. The summed E-state index contributed by atoms with van der Waals surface area (Å²) in [5.41, 5.74) is 5.87. The van der Waals surface area contributed by atoms with Crippen molar-refractivity contribution in [2.75, 3.05) is 11.9 Å². The Morgan fingerprint density at radius 2 is 1.94 bits per heavy atom. The molecule has 186 valence electrons. The predicted molar refractivity (Wildman–Crippen MR) is 136 cm³/mol. The number of thiophene rings is 1. The van der Waals surface area contributed by atoms with Crippen LogP contribution in [0, 0.1) is 0 Å². The fourth-order valence-corrected chi connectivity index (χ4v) is 4.69. The summed E-state index contributed by atoms with van der Waals surface area (Å²) < 4.78 is 0. The van der Waals surface area contributed by atoms with E-state index in [0.717, 1.165) is 35.6 Å². The summed E-state index contributed by atoms with van der Waals surface area (Å²) in [6.45, 7) is 2.50. The second-order valence-electron chi connectivity index (χ2n) is 8.11. The van der Waals surface area contributed by atoms with Crippen molar-refractivity contribution in [3.63, 3.8) is 0 Å². The smallest absolute Gasteiger partial charge is 0.322 e. The first-order valence-electron chi connectivity index (χ1n) is 11.1. The highest BCUT2D eigenvalue weighted by molar-refractivity contribution is 7.12. The number of nitrogens with zero attached hydrogens (tertiary/aromatic N) is 1. The van der Waals surface area contributed by atoms with Gasteiger partial charge >= 0.3 is 5.97 Å². The zero-order valence-electron chi connectivity index (χ0n) is 19.2. The van der Waals surface area contributed by atoms with Crippen LogP contribution in [0.2, 0.25) is 5.02 Å². The highest BCUT2D eigenvalue weighted by Crippen LogP contribution is 2.26. The molecule has 0 fully saturated rings. The molecule has 0 saturated heterocycles. The number of carboxylic acid groups (broad SMARTS) is 1. The molecule has 36 heavy (non-hydrogen) atoms. The van der Waals surface area contributed by atoms with Gasteiger partial charge in [-0.3, -0.25) is 19.2 Å². The second kappa shape index (κ2) is 10.9. The molecule has 1 atom stereocenters. The molecule has 9 nitrogen and oxygen atoms in total. The third-order valence-electron chi connectivity index (χ3n) is 5.70. The first kappa shape index (κ1) is 25.4. The molecule has 11 heteroatoms. The minimum atomic E-state index is -1.25. The minimum absolute atomic E-state index is 0.0498. The van der Waals surface area contributed by atoms with Gasteiger partial charge in [0.25, 0.3) is 17.7 Å². The van der Waals surface area contributed by atoms with E-state index in [-0.39, 0.29) is 26.9 Å². The van der Waals surface area contributed by atoms with Crippen molar-refractivity contribution in [2.24, 2.45) is 0 Å². The molecule has 2 heterocycles. The third-order valence-corrected chi connectivity index (χ3v) is 6.87. The lowest BCUT2D eigenvalue weighted by molar-refractivity contribution is -0.139. The zero-order valence-corrected chi connectivity index (χ0v) is 20.8. The molecule has 0 bridgehead atoms. The van der Waals surface area contributed by atoms with Gasteiger partial charge in [0.1, 0.15) is 6.04 Å². The Kier molecular flexibility index (Phi) is 7.68. The number of benzene rings is 2. The molecule has 3 amide bonds. The average Bonchev–Trinajstić information content (AvgIpc) is 3.57. The number of carbonyl (C=O) groups is 4. The van der Waals surface area contributed by atoms with Gasteiger partial charge in [0.2, 0.25) is 0 Å². The van der Waals surface area contributed by atoms with Crippen molar-refractivity contribution in [3.05, 3.63) is 86.1 Å². The molecule has 1 aromatic heterocycles. The van der Waals surface area contributed by atoms with E-state index < -0.39 is 23.8 Å². The number of hydrogen-bond acceptors (Lipinski definition) is 7. The van der Waals surface area contributed by atoms with Crippen LogP contribution < -0.4 is 16.1 Å². The van der Waals surface area contributed by atoms with Gasteiger partial charge in [0.05, 0.1) is 15.5 Å². The summed E-state index contributed by atoms with van der Waals surface area (Å²) in [5.74, 6) is -3.18. The summed E-state index contributed by atoms with van der Waals surface area (Å²) in [6, 6.07) is 11.9. The van der Waals surface area contributed by atoms with E-state index in [4.69, 9.17) is 11.6 Å². The number of hydrogen-bond donors (Lipinski definition) is 4. The van der Waals surface area contributed by atoms with E-state index in [9.17, 15) is 24.3 Å². The quantitative estimate of drug-likeness (QED) is 0.261. The summed E-state index contributed by atoms with van der Waals surface area (Å²) in [6.07, 6.45) is 0.888. The Morgan fingerprint density at radius 1 is 1.14 bits per heavy atom. The van der Waals surface area contributed by atoms with Crippen LogP contribution in [0.1, 0.15) is 48.4 Å². The molecule has 0 saturated carbocycles. The van der Waals surface area contributed by atoms with Crippen LogP contribution >= 0.6 is 22.9 Å². The lowest BCUT2D eigenvalue weighted by atomic mass is 10.0. The molecule has 1 aliphatic heterocycles. The minimum Gasteiger partial charge on any atom is -0.480 e. The third kappa shape index (κ3) is 5.40. The van der Waals surface area contributed by atoms with E-state index >= 15 is 0 Å². The van der Waals surface area contributed by atoms with E-state index in [2.05, 4.69) is 16.1 Å². The second-order valence-corrected chi connectivity index (χ2v) is 9.46. The van der Waals surface area contributed by atoms with Gasteiger partial charge in [-0.05, 0) is 60.2 Å². The molecule has 0 aliphatic carbocycles. The molecular formula is C25H23ClN4O5S. The predicted octanol–water partition coefficient (Wildman–Crippen LogP) is 3.56. The summed E-state index contributed by atoms with van der Waals surface area (Å²) in [5, 5.41) is 17.7. The lowest BCUT2D eigenvalue weighted by Crippen LogP contribution is -2.52. The van der Waals surface area contributed by atoms with Crippen molar-refractivity contribution in [3.8, 4) is 0 Å². The fourth-order valence-electron chi connectivity index (χ4n) is 3.78. The molecule has 0 radical (unpaired) electrons. The van der Waals surface area contributed by atoms with E-state index in [1.165, 1.54) is 36.8 Å². The highest BCUT2D eigenvalue weighted by Gasteiger charge is 2.30. The van der Waals surface area contributed by atoms with Crippen LogP contribution in [0.4, 0.5) is 5.69 Å². The van der Waals surface area contributed by atoms with Crippen molar-refractivity contribution >= 4 is 52.3 Å². The van der Waals surface area contributed by atoms with Gasteiger partial charge in [0, 0.05) is 24.3 Å².